The summed E-state index contributed by atoms with van der Waals surface area (Å²) in [6.07, 6.45) is 2.29. The highest BCUT2D eigenvalue weighted by Crippen LogP contribution is 2.21. The van der Waals surface area contributed by atoms with Gasteiger partial charge in [-0.2, -0.15) is 11.8 Å². The molecule has 0 spiro atoms. The zero-order chi connectivity index (χ0) is 13.6. The third-order valence-electron chi connectivity index (χ3n) is 3.16. The highest BCUT2D eigenvalue weighted by Gasteiger charge is 2.27. The lowest BCUT2D eigenvalue weighted by molar-refractivity contribution is -0.146. The zero-order valence-corrected chi connectivity index (χ0v) is 11.8. The molecule has 1 aliphatic rings. The minimum atomic E-state index is -0.932. The number of urea groups is 1. The fraction of sp³-hybridized carbons (Fsp3) is 0.833. The van der Waals surface area contributed by atoms with Crippen molar-refractivity contribution in [2.24, 2.45) is 11.3 Å². The van der Waals surface area contributed by atoms with E-state index >= 15 is 0 Å². The molecule has 0 radical (unpaired) electrons. The Balaban J connectivity index is 2.19. The van der Waals surface area contributed by atoms with Crippen LogP contribution in [0.2, 0.25) is 0 Å². The number of carboxylic acid groups (broad SMARTS) is 1. The lowest BCUT2D eigenvalue weighted by atomic mass is 9.94. The highest BCUT2D eigenvalue weighted by atomic mass is 32.2. The van der Waals surface area contributed by atoms with E-state index in [9.17, 15) is 9.59 Å². The number of nitrogens with one attached hydrogen (secondary N) is 2. The summed E-state index contributed by atoms with van der Waals surface area (Å²) in [6.45, 7) is 4.00. The Morgan fingerprint density at radius 1 is 1.28 bits per heavy atom. The van der Waals surface area contributed by atoms with Gasteiger partial charge in [0.15, 0.2) is 0 Å². The van der Waals surface area contributed by atoms with Gasteiger partial charge in [0.2, 0.25) is 0 Å². The summed E-state index contributed by atoms with van der Waals surface area (Å²) >= 11 is 1.96. The van der Waals surface area contributed by atoms with E-state index in [0.29, 0.717) is 12.5 Å². The van der Waals surface area contributed by atoms with Crippen molar-refractivity contribution in [3.63, 3.8) is 0 Å². The van der Waals surface area contributed by atoms with Crippen LogP contribution in [0.25, 0.3) is 0 Å². The molecule has 0 saturated carbocycles. The maximum Gasteiger partial charge on any atom is 0.314 e. The first-order valence-electron chi connectivity index (χ1n) is 6.24. The predicted octanol–water partition coefficient (Wildman–Crippen LogP) is 1.54. The van der Waals surface area contributed by atoms with Crippen molar-refractivity contribution in [2.75, 3.05) is 24.6 Å². The molecule has 1 heterocycles. The predicted molar refractivity (Wildman–Crippen MR) is 72.9 cm³/mol. The van der Waals surface area contributed by atoms with Crippen LogP contribution in [0, 0.1) is 11.3 Å². The molecule has 2 amide bonds. The number of carboxylic acids is 1. The molecule has 1 fully saturated rings. The van der Waals surface area contributed by atoms with Crippen LogP contribution in [0.1, 0.15) is 26.7 Å². The second kappa shape index (κ2) is 6.87. The number of carbonyl (C=O) groups is 2. The van der Waals surface area contributed by atoms with E-state index < -0.39 is 11.4 Å². The molecule has 1 aliphatic heterocycles. The summed E-state index contributed by atoms with van der Waals surface area (Å²) in [6, 6.07) is -0.275. The standard InChI is InChI=1S/C12H22N2O3S/c1-12(2,10(15)16)8-14-11(17)13-7-9-3-5-18-6-4-9/h9H,3-8H2,1-2H3,(H,15,16)(H2,13,14,17). The first kappa shape index (κ1) is 15.1. The Labute approximate surface area is 112 Å². The quantitative estimate of drug-likeness (QED) is 0.710. The fourth-order valence-electron chi connectivity index (χ4n) is 1.63. The monoisotopic (exact) mass is 274 g/mol. The van der Waals surface area contributed by atoms with Crippen LogP contribution in [-0.4, -0.2) is 41.7 Å². The zero-order valence-electron chi connectivity index (χ0n) is 11.0. The largest absolute Gasteiger partial charge is 0.481 e. The minimum Gasteiger partial charge on any atom is -0.481 e. The first-order chi connectivity index (χ1) is 8.42. The van der Waals surface area contributed by atoms with Crippen molar-refractivity contribution in [1.82, 2.24) is 10.6 Å². The normalized spacial score (nSPS) is 17.2. The van der Waals surface area contributed by atoms with Gasteiger partial charge >= 0.3 is 12.0 Å². The molecule has 6 heteroatoms. The number of aliphatic carboxylic acids is 1. The van der Waals surface area contributed by atoms with E-state index in [-0.39, 0.29) is 12.6 Å². The van der Waals surface area contributed by atoms with Gasteiger partial charge in [-0.15, -0.1) is 0 Å². The molecule has 0 aromatic rings. The summed E-state index contributed by atoms with van der Waals surface area (Å²) in [5.74, 6) is 1.98. The van der Waals surface area contributed by atoms with Crippen molar-refractivity contribution in [2.45, 2.75) is 26.7 Å². The fourth-order valence-corrected chi connectivity index (χ4v) is 2.83. The number of amides is 2. The minimum absolute atomic E-state index is 0.134. The smallest absolute Gasteiger partial charge is 0.314 e. The van der Waals surface area contributed by atoms with E-state index in [1.54, 1.807) is 13.8 Å². The average Bonchev–Trinajstić information content (AvgIpc) is 2.35. The molecule has 0 aromatic heterocycles. The van der Waals surface area contributed by atoms with E-state index in [1.165, 1.54) is 11.5 Å². The number of hydrogen-bond donors (Lipinski definition) is 3. The average molecular weight is 274 g/mol. The van der Waals surface area contributed by atoms with Crippen molar-refractivity contribution in [3.05, 3.63) is 0 Å². The van der Waals surface area contributed by atoms with Crippen LogP contribution in [-0.2, 0) is 4.79 Å². The van der Waals surface area contributed by atoms with Crippen LogP contribution in [0.15, 0.2) is 0 Å². The Morgan fingerprint density at radius 2 is 1.89 bits per heavy atom. The molecule has 0 atom stereocenters. The van der Waals surface area contributed by atoms with Crippen LogP contribution in [0.4, 0.5) is 4.79 Å². The maximum absolute atomic E-state index is 11.5. The van der Waals surface area contributed by atoms with Crippen LogP contribution in [0.3, 0.4) is 0 Å². The van der Waals surface area contributed by atoms with Crippen LogP contribution < -0.4 is 10.6 Å². The maximum atomic E-state index is 11.5. The molecule has 1 rings (SSSR count). The van der Waals surface area contributed by atoms with Crippen LogP contribution >= 0.6 is 11.8 Å². The second-order valence-corrected chi connectivity index (χ2v) is 6.53. The van der Waals surface area contributed by atoms with Gasteiger partial charge in [0, 0.05) is 13.1 Å². The summed E-state index contributed by atoms with van der Waals surface area (Å²) in [7, 11) is 0. The molecular weight excluding hydrogens is 252 g/mol. The summed E-state index contributed by atoms with van der Waals surface area (Å²) in [5, 5.41) is 14.3. The third-order valence-corrected chi connectivity index (χ3v) is 4.21. The van der Waals surface area contributed by atoms with Crippen molar-refractivity contribution < 1.29 is 14.7 Å². The third kappa shape index (κ3) is 5.16. The van der Waals surface area contributed by atoms with Gasteiger partial charge in [0.25, 0.3) is 0 Å². The molecule has 1 saturated heterocycles. The lowest BCUT2D eigenvalue weighted by Gasteiger charge is -2.23. The number of rotatable bonds is 5. The Kier molecular flexibility index (Phi) is 5.78. The number of hydrogen-bond acceptors (Lipinski definition) is 3. The molecule has 0 aliphatic carbocycles. The molecule has 3 N–H and O–H groups in total. The van der Waals surface area contributed by atoms with E-state index in [1.807, 2.05) is 11.8 Å². The molecular formula is C12H22N2O3S. The SMILES string of the molecule is CC(C)(CNC(=O)NCC1CCSCC1)C(=O)O. The van der Waals surface area contributed by atoms with Gasteiger partial charge in [-0.05, 0) is 44.1 Å². The van der Waals surface area contributed by atoms with Gasteiger partial charge in [-0.25, -0.2) is 4.79 Å². The van der Waals surface area contributed by atoms with Gasteiger partial charge in [-0.3, -0.25) is 4.79 Å². The molecule has 18 heavy (non-hydrogen) atoms. The summed E-state index contributed by atoms with van der Waals surface area (Å²) in [4.78, 5) is 22.4. The van der Waals surface area contributed by atoms with Gasteiger partial charge in [0.05, 0.1) is 5.41 Å². The van der Waals surface area contributed by atoms with E-state index in [2.05, 4.69) is 10.6 Å². The molecule has 0 aromatic carbocycles. The van der Waals surface area contributed by atoms with Gasteiger partial charge < -0.3 is 15.7 Å². The summed E-state index contributed by atoms with van der Waals surface area (Å²) in [5.41, 5.74) is -0.932. The molecule has 104 valence electrons. The molecule has 0 bridgehead atoms. The first-order valence-corrected chi connectivity index (χ1v) is 7.40. The Bertz CT molecular complexity index is 302. The highest BCUT2D eigenvalue weighted by molar-refractivity contribution is 7.99. The van der Waals surface area contributed by atoms with Crippen molar-refractivity contribution in [3.8, 4) is 0 Å². The van der Waals surface area contributed by atoms with E-state index in [0.717, 1.165) is 12.8 Å². The Hall–Kier alpha value is -0.910. The number of thioether (sulfide) groups is 1. The molecule has 0 unspecified atom stereocenters. The van der Waals surface area contributed by atoms with Gasteiger partial charge in [0.1, 0.15) is 0 Å². The van der Waals surface area contributed by atoms with E-state index in [4.69, 9.17) is 5.11 Å². The number of carbonyl (C=O) groups excluding carboxylic acids is 1. The molecule has 5 nitrogen and oxygen atoms in total. The lowest BCUT2D eigenvalue weighted by Crippen LogP contribution is -2.44. The summed E-state index contributed by atoms with van der Waals surface area (Å²) < 4.78 is 0. The van der Waals surface area contributed by atoms with Crippen LogP contribution in [0.5, 0.6) is 0 Å². The Morgan fingerprint density at radius 3 is 2.44 bits per heavy atom. The van der Waals surface area contributed by atoms with Gasteiger partial charge in [-0.1, -0.05) is 0 Å². The van der Waals surface area contributed by atoms with Crippen molar-refractivity contribution in [1.29, 1.82) is 0 Å². The second-order valence-electron chi connectivity index (χ2n) is 5.31. The van der Waals surface area contributed by atoms with Crippen molar-refractivity contribution >= 4 is 23.8 Å². The topological polar surface area (TPSA) is 78.4 Å².